The molecular formula is C6H14O7. The van der Waals surface area contributed by atoms with Gasteiger partial charge in [-0.3, -0.25) is 4.79 Å². The van der Waals surface area contributed by atoms with Gasteiger partial charge < -0.3 is 31.0 Å². The van der Waals surface area contributed by atoms with Crippen LogP contribution >= 0.6 is 0 Å². The number of aliphatic hydroxyl groups is 5. The number of rotatable bonds is 5. The molecule has 0 spiro atoms. The first-order valence-electron chi connectivity index (χ1n) is 3.33. The zero-order valence-electron chi connectivity index (χ0n) is 6.79. The van der Waals surface area contributed by atoms with Crippen LogP contribution in [-0.2, 0) is 4.79 Å². The summed E-state index contributed by atoms with van der Waals surface area (Å²) in [5, 5.41) is 43.1. The van der Waals surface area contributed by atoms with Crippen LogP contribution in [0.3, 0.4) is 0 Å². The van der Waals surface area contributed by atoms with Crippen LogP contribution < -0.4 is 0 Å². The van der Waals surface area contributed by atoms with Gasteiger partial charge in [-0.2, -0.15) is 0 Å². The van der Waals surface area contributed by atoms with Crippen LogP contribution in [0.25, 0.3) is 0 Å². The van der Waals surface area contributed by atoms with Crippen molar-refractivity contribution in [3.05, 3.63) is 0 Å². The zero-order valence-corrected chi connectivity index (χ0v) is 6.79. The highest BCUT2D eigenvalue weighted by molar-refractivity contribution is 5.84. The highest BCUT2D eigenvalue weighted by Crippen LogP contribution is 2.00. The lowest BCUT2D eigenvalue weighted by atomic mass is 10.1. The van der Waals surface area contributed by atoms with E-state index in [9.17, 15) is 4.79 Å². The summed E-state index contributed by atoms with van der Waals surface area (Å²) in [4.78, 5) is 10.5. The standard InChI is InChI=1S/C6H12O6.H2O/c7-1-3(9)5(11)6(12)4(10)2-8;/h3,5-9,11-12H,1-2H2;1H2. The van der Waals surface area contributed by atoms with Gasteiger partial charge in [0.05, 0.1) is 6.61 Å². The van der Waals surface area contributed by atoms with Gasteiger partial charge in [0.15, 0.2) is 5.78 Å². The lowest BCUT2D eigenvalue weighted by molar-refractivity contribution is -0.142. The lowest BCUT2D eigenvalue weighted by Crippen LogP contribution is -2.44. The molecule has 0 aliphatic heterocycles. The third-order valence-corrected chi connectivity index (χ3v) is 1.39. The number of carbonyl (C=O) groups is 1. The molecule has 7 heteroatoms. The third-order valence-electron chi connectivity index (χ3n) is 1.39. The van der Waals surface area contributed by atoms with Crippen molar-refractivity contribution < 1.29 is 35.8 Å². The number of ketones is 1. The Morgan fingerprint density at radius 2 is 1.62 bits per heavy atom. The van der Waals surface area contributed by atoms with Gasteiger partial charge in [-0.1, -0.05) is 0 Å². The van der Waals surface area contributed by atoms with Crippen molar-refractivity contribution in [2.24, 2.45) is 0 Å². The number of aliphatic hydroxyl groups excluding tert-OH is 5. The van der Waals surface area contributed by atoms with E-state index in [1.165, 1.54) is 0 Å². The Balaban J connectivity index is 0. The highest BCUT2D eigenvalue weighted by Gasteiger charge is 2.28. The van der Waals surface area contributed by atoms with Crippen molar-refractivity contribution >= 4 is 5.78 Å². The molecular weight excluding hydrogens is 184 g/mol. The fourth-order valence-corrected chi connectivity index (χ4v) is 0.602. The molecule has 3 atom stereocenters. The van der Waals surface area contributed by atoms with Crippen LogP contribution in [0.15, 0.2) is 0 Å². The van der Waals surface area contributed by atoms with Gasteiger partial charge >= 0.3 is 0 Å². The second-order valence-corrected chi connectivity index (χ2v) is 2.31. The second-order valence-electron chi connectivity index (χ2n) is 2.31. The molecule has 0 aliphatic carbocycles. The number of Topliss-reactive ketones (excluding diaryl/α,β-unsaturated/α-hetero) is 1. The zero-order chi connectivity index (χ0) is 9.72. The smallest absolute Gasteiger partial charge is 0.189 e. The van der Waals surface area contributed by atoms with Crippen LogP contribution in [-0.4, -0.2) is 68.3 Å². The normalized spacial score (nSPS) is 17.0. The molecule has 0 aromatic heterocycles. The molecule has 0 aromatic carbocycles. The molecule has 80 valence electrons. The monoisotopic (exact) mass is 198 g/mol. The first-order chi connectivity index (χ1) is 5.54. The largest absolute Gasteiger partial charge is 0.412 e. The van der Waals surface area contributed by atoms with E-state index in [0.29, 0.717) is 0 Å². The van der Waals surface area contributed by atoms with Crippen LogP contribution in [0.4, 0.5) is 0 Å². The molecule has 13 heavy (non-hydrogen) atoms. The predicted molar refractivity (Wildman–Crippen MR) is 40.8 cm³/mol. The minimum Gasteiger partial charge on any atom is -0.412 e. The van der Waals surface area contributed by atoms with Gasteiger partial charge in [0.1, 0.15) is 24.9 Å². The number of carbonyl (C=O) groups excluding carboxylic acids is 1. The average molecular weight is 198 g/mol. The topological polar surface area (TPSA) is 150 Å². The highest BCUT2D eigenvalue weighted by atomic mass is 16.4. The fraction of sp³-hybridized carbons (Fsp3) is 0.833. The van der Waals surface area contributed by atoms with Crippen LogP contribution in [0.2, 0.25) is 0 Å². The summed E-state index contributed by atoms with van der Waals surface area (Å²) in [6.45, 7) is -1.69. The van der Waals surface area contributed by atoms with Crippen molar-refractivity contribution in [3.63, 3.8) is 0 Å². The minimum atomic E-state index is -1.86. The molecule has 0 saturated heterocycles. The molecule has 0 aromatic rings. The Bertz CT molecular complexity index is 148. The van der Waals surface area contributed by atoms with Crippen LogP contribution in [0.1, 0.15) is 0 Å². The maximum atomic E-state index is 10.5. The summed E-state index contributed by atoms with van der Waals surface area (Å²) < 4.78 is 0. The van der Waals surface area contributed by atoms with E-state index in [-0.39, 0.29) is 5.48 Å². The summed E-state index contributed by atoms with van der Waals surface area (Å²) in [5.41, 5.74) is 0. The van der Waals surface area contributed by atoms with Crippen molar-refractivity contribution in [1.82, 2.24) is 0 Å². The van der Waals surface area contributed by atoms with Gasteiger partial charge in [-0.25, -0.2) is 0 Å². The van der Waals surface area contributed by atoms with Crippen molar-refractivity contribution in [1.29, 1.82) is 0 Å². The molecule has 0 fully saturated rings. The average Bonchev–Trinajstić information content (AvgIpc) is 2.12. The SMILES string of the molecule is O.O=C(CO)C(O)C(O)C(O)CO. The Hall–Kier alpha value is -0.570. The van der Waals surface area contributed by atoms with Crippen LogP contribution in [0, 0.1) is 0 Å². The molecule has 0 saturated carbocycles. The molecule has 3 unspecified atom stereocenters. The van der Waals surface area contributed by atoms with Gasteiger partial charge in [0.2, 0.25) is 0 Å². The number of hydrogen-bond acceptors (Lipinski definition) is 6. The maximum absolute atomic E-state index is 10.5. The van der Waals surface area contributed by atoms with Crippen molar-refractivity contribution in [3.8, 4) is 0 Å². The first kappa shape index (κ1) is 14.9. The first-order valence-corrected chi connectivity index (χ1v) is 3.33. The molecule has 0 amide bonds. The van der Waals surface area contributed by atoms with Gasteiger partial charge in [-0.15, -0.1) is 0 Å². The maximum Gasteiger partial charge on any atom is 0.189 e. The van der Waals surface area contributed by atoms with E-state index < -0.39 is 37.3 Å². The minimum absolute atomic E-state index is 0. The Labute approximate surface area is 74.2 Å². The van der Waals surface area contributed by atoms with E-state index >= 15 is 0 Å². The molecule has 7 N–H and O–H groups in total. The molecule has 0 bridgehead atoms. The van der Waals surface area contributed by atoms with Gasteiger partial charge in [-0.05, 0) is 0 Å². The Kier molecular flexibility index (Phi) is 7.92. The molecule has 0 aliphatic rings. The molecule has 0 heterocycles. The van der Waals surface area contributed by atoms with E-state index in [1.54, 1.807) is 0 Å². The van der Waals surface area contributed by atoms with E-state index in [2.05, 4.69) is 0 Å². The third kappa shape index (κ3) is 4.27. The fourth-order valence-electron chi connectivity index (χ4n) is 0.602. The summed E-state index contributed by atoms with van der Waals surface area (Å²) in [6.07, 6.45) is -5.22. The van der Waals surface area contributed by atoms with Gasteiger partial charge in [0.25, 0.3) is 0 Å². The van der Waals surface area contributed by atoms with Crippen LogP contribution in [0.5, 0.6) is 0 Å². The van der Waals surface area contributed by atoms with Gasteiger partial charge in [0, 0.05) is 0 Å². The quantitative estimate of drug-likeness (QED) is 0.302. The number of hydrogen-bond donors (Lipinski definition) is 5. The van der Waals surface area contributed by atoms with Crippen molar-refractivity contribution in [2.75, 3.05) is 13.2 Å². The summed E-state index contributed by atoms with van der Waals surface area (Å²) >= 11 is 0. The molecule has 7 nitrogen and oxygen atoms in total. The Morgan fingerprint density at radius 3 is 1.92 bits per heavy atom. The van der Waals surface area contributed by atoms with Crippen molar-refractivity contribution in [2.45, 2.75) is 18.3 Å². The molecule has 0 radical (unpaired) electrons. The van der Waals surface area contributed by atoms with E-state index in [0.717, 1.165) is 0 Å². The Morgan fingerprint density at radius 1 is 1.15 bits per heavy atom. The summed E-state index contributed by atoms with van der Waals surface area (Å²) in [6, 6.07) is 0. The summed E-state index contributed by atoms with van der Waals surface area (Å²) in [5.74, 6) is -1.00. The van der Waals surface area contributed by atoms with E-state index in [4.69, 9.17) is 25.5 Å². The second kappa shape index (κ2) is 6.89. The molecule has 0 rings (SSSR count). The predicted octanol–water partition coefficient (Wildman–Crippen LogP) is -4.20. The lowest BCUT2D eigenvalue weighted by Gasteiger charge is -2.19. The summed E-state index contributed by atoms with van der Waals surface area (Å²) in [7, 11) is 0. The van der Waals surface area contributed by atoms with E-state index in [1.807, 2.05) is 0 Å².